The predicted octanol–water partition coefficient (Wildman–Crippen LogP) is 2.49. The Morgan fingerprint density at radius 3 is 2.70 bits per heavy atom. The van der Waals surface area contributed by atoms with Crippen LogP contribution in [-0.4, -0.2) is 25.8 Å². The van der Waals surface area contributed by atoms with E-state index in [0.29, 0.717) is 12.2 Å². The predicted molar refractivity (Wildman–Crippen MR) is 74.8 cm³/mol. The van der Waals surface area contributed by atoms with Gasteiger partial charge in [0, 0.05) is 11.6 Å². The van der Waals surface area contributed by atoms with E-state index in [1.807, 2.05) is 6.92 Å². The molecule has 0 spiro atoms. The Morgan fingerprint density at radius 1 is 1.25 bits per heavy atom. The van der Waals surface area contributed by atoms with Gasteiger partial charge in [0.1, 0.15) is 0 Å². The molecule has 5 heteroatoms. The second-order valence-electron chi connectivity index (χ2n) is 4.73. The van der Waals surface area contributed by atoms with E-state index in [4.69, 9.17) is 5.11 Å². The Bertz CT molecular complexity index is 775. The number of aryl methyl sites for hydroxylation is 1. The fourth-order valence-electron chi connectivity index (χ4n) is 2.07. The topological polar surface area (TPSA) is 68.0 Å². The molecule has 0 aliphatic carbocycles. The van der Waals surface area contributed by atoms with Gasteiger partial charge in [-0.05, 0) is 18.6 Å². The van der Waals surface area contributed by atoms with E-state index in [-0.39, 0.29) is 5.56 Å². The zero-order valence-electron chi connectivity index (χ0n) is 10.9. The number of carboxylic acids is 1. The summed E-state index contributed by atoms with van der Waals surface area (Å²) in [4.78, 5) is 15.1. The molecular formula is C15H13N3O2. The van der Waals surface area contributed by atoms with Crippen molar-refractivity contribution in [3.63, 3.8) is 0 Å². The van der Waals surface area contributed by atoms with Gasteiger partial charge in [-0.25, -0.2) is 14.5 Å². The van der Waals surface area contributed by atoms with E-state index in [2.05, 4.69) is 34.3 Å². The molecule has 0 bridgehead atoms. The zero-order chi connectivity index (χ0) is 14.1. The van der Waals surface area contributed by atoms with Crippen molar-refractivity contribution in [2.75, 3.05) is 0 Å². The van der Waals surface area contributed by atoms with E-state index >= 15 is 0 Å². The van der Waals surface area contributed by atoms with Crippen LogP contribution in [0.2, 0.25) is 0 Å². The summed E-state index contributed by atoms with van der Waals surface area (Å²) in [6, 6.07) is 9.79. The molecule has 0 saturated carbocycles. The summed E-state index contributed by atoms with van der Waals surface area (Å²) in [6.45, 7) is 2.66. The van der Waals surface area contributed by atoms with Crippen LogP contribution in [-0.2, 0) is 6.54 Å². The highest BCUT2D eigenvalue weighted by molar-refractivity contribution is 5.91. The largest absolute Gasteiger partial charge is 0.478 e. The van der Waals surface area contributed by atoms with Gasteiger partial charge in [-0.1, -0.05) is 29.8 Å². The number of aromatic nitrogens is 3. The minimum atomic E-state index is -0.981. The first-order valence-corrected chi connectivity index (χ1v) is 6.24. The molecule has 20 heavy (non-hydrogen) atoms. The van der Waals surface area contributed by atoms with Gasteiger partial charge in [-0.3, -0.25) is 0 Å². The van der Waals surface area contributed by atoms with Gasteiger partial charge in [0.2, 0.25) is 0 Å². The van der Waals surface area contributed by atoms with Gasteiger partial charge in [0.15, 0.2) is 5.65 Å². The lowest BCUT2D eigenvalue weighted by molar-refractivity contribution is 0.0696. The van der Waals surface area contributed by atoms with Crippen LogP contribution in [0, 0.1) is 6.92 Å². The number of carbonyl (C=O) groups is 1. The molecule has 0 unspecified atom stereocenters. The summed E-state index contributed by atoms with van der Waals surface area (Å²) >= 11 is 0. The fourth-order valence-corrected chi connectivity index (χ4v) is 2.07. The second kappa shape index (κ2) is 4.77. The Hall–Kier alpha value is -2.69. The number of hydrogen-bond acceptors (Lipinski definition) is 3. The Labute approximate surface area is 115 Å². The van der Waals surface area contributed by atoms with Crippen LogP contribution in [0.5, 0.6) is 0 Å². The first-order valence-electron chi connectivity index (χ1n) is 6.24. The van der Waals surface area contributed by atoms with Gasteiger partial charge in [-0.2, -0.15) is 5.10 Å². The van der Waals surface area contributed by atoms with E-state index in [1.165, 1.54) is 11.8 Å². The maximum atomic E-state index is 10.9. The molecule has 100 valence electrons. The van der Waals surface area contributed by atoms with Gasteiger partial charge >= 0.3 is 5.97 Å². The average molecular weight is 267 g/mol. The van der Waals surface area contributed by atoms with Gasteiger partial charge in [0.25, 0.3) is 0 Å². The molecule has 3 aromatic rings. The molecule has 0 radical (unpaired) electrons. The third kappa shape index (κ3) is 2.25. The number of carboxylic acid groups (broad SMARTS) is 1. The standard InChI is InChI=1S/C15H13N3O2/c1-10-2-4-11(5-3-10)9-18-14-12(8-17-18)6-13(7-16-14)15(19)20/h2-8H,9H2,1H3,(H,19,20). The number of aromatic carboxylic acids is 1. The molecule has 3 rings (SSSR count). The minimum absolute atomic E-state index is 0.174. The number of benzene rings is 1. The molecule has 0 aliphatic rings. The SMILES string of the molecule is Cc1ccc(Cn2ncc3cc(C(=O)O)cnc32)cc1. The van der Waals surface area contributed by atoms with Crippen molar-refractivity contribution in [1.29, 1.82) is 0 Å². The van der Waals surface area contributed by atoms with Crippen molar-refractivity contribution in [3.8, 4) is 0 Å². The van der Waals surface area contributed by atoms with E-state index in [9.17, 15) is 4.79 Å². The van der Waals surface area contributed by atoms with E-state index < -0.39 is 5.97 Å². The van der Waals surface area contributed by atoms with Crippen molar-refractivity contribution in [3.05, 3.63) is 59.4 Å². The molecule has 0 fully saturated rings. The molecule has 2 aromatic heterocycles. The van der Waals surface area contributed by atoms with Gasteiger partial charge in [0.05, 0.1) is 18.3 Å². The molecule has 0 saturated heterocycles. The molecule has 2 heterocycles. The van der Waals surface area contributed by atoms with Crippen molar-refractivity contribution in [2.24, 2.45) is 0 Å². The number of nitrogens with zero attached hydrogens (tertiary/aromatic N) is 3. The minimum Gasteiger partial charge on any atom is -0.478 e. The van der Waals surface area contributed by atoms with Crippen LogP contribution < -0.4 is 0 Å². The highest BCUT2D eigenvalue weighted by atomic mass is 16.4. The van der Waals surface area contributed by atoms with Crippen LogP contribution in [0.4, 0.5) is 0 Å². The third-order valence-corrected chi connectivity index (χ3v) is 3.18. The normalized spacial score (nSPS) is 10.8. The Kier molecular flexibility index (Phi) is 2.95. The average Bonchev–Trinajstić information content (AvgIpc) is 2.84. The highest BCUT2D eigenvalue weighted by Crippen LogP contribution is 2.15. The van der Waals surface area contributed by atoms with Crippen LogP contribution in [0.1, 0.15) is 21.5 Å². The summed E-state index contributed by atoms with van der Waals surface area (Å²) < 4.78 is 1.77. The fraction of sp³-hybridized carbons (Fsp3) is 0.133. The summed E-state index contributed by atoms with van der Waals surface area (Å²) in [7, 11) is 0. The van der Waals surface area contributed by atoms with Crippen LogP contribution in [0.25, 0.3) is 11.0 Å². The second-order valence-corrected chi connectivity index (χ2v) is 4.73. The first-order chi connectivity index (χ1) is 9.63. The number of fused-ring (bicyclic) bond motifs is 1. The Morgan fingerprint density at radius 2 is 2.00 bits per heavy atom. The lowest BCUT2D eigenvalue weighted by atomic mass is 10.1. The molecular weight excluding hydrogens is 254 g/mol. The molecule has 1 N–H and O–H groups in total. The summed E-state index contributed by atoms with van der Waals surface area (Å²) in [6.07, 6.45) is 3.00. The number of rotatable bonds is 3. The summed E-state index contributed by atoms with van der Waals surface area (Å²) in [5.41, 5.74) is 3.20. The summed E-state index contributed by atoms with van der Waals surface area (Å²) in [5.74, 6) is -0.981. The van der Waals surface area contributed by atoms with Gasteiger partial charge < -0.3 is 5.11 Å². The monoisotopic (exact) mass is 267 g/mol. The lowest BCUT2D eigenvalue weighted by Gasteiger charge is -2.04. The first kappa shape index (κ1) is 12.3. The molecule has 0 atom stereocenters. The van der Waals surface area contributed by atoms with E-state index in [1.54, 1.807) is 16.9 Å². The van der Waals surface area contributed by atoms with Crippen LogP contribution in [0.3, 0.4) is 0 Å². The maximum Gasteiger partial charge on any atom is 0.337 e. The van der Waals surface area contributed by atoms with Crippen molar-refractivity contribution < 1.29 is 9.90 Å². The lowest BCUT2D eigenvalue weighted by Crippen LogP contribution is -2.03. The third-order valence-electron chi connectivity index (χ3n) is 3.18. The molecule has 5 nitrogen and oxygen atoms in total. The smallest absolute Gasteiger partial charge is 0.337 e. The van der Waals surface area contributed by atoms with E-state index in [0.717, 1.165) is 10.9 Å². The number of hydrogen-bond donors (Lipinski definition) is 1. The van der Waals surface area contributed by atoms with Crippen molar-refractivity contribution in [2.45, 2.75) is 13.5 Å². The molecule has 1 aromatic carbocycles. The van der Waals surface area contributed by atoms with Crippen LogP contribution >= 0.6 is 0 Å². The van der Waals surface area contributed by atoms with Crippen molar-refractivity contribution >= 4 is 17.0 Å². The number of pyridine rings is 1. The quantitative estimate of drug-likeness (QED) is 0.791. The molecule has 0 aliphatic heterocycles. The zero-order valence-corrected chi connectivity index (χ0v) is 10.9. The maximum absolute atomic E-state index is 10.9. The highest BCUT2D eigenvalue weighted by Gasteiger charge is 2.09. The van der Waals surface area contributed by atoms with Gasteiger partial charge in [-0.15, -0.1) is 0 Å². The van der Waals surface area contributed by atoms with Crippen LogP contribution in [0.15, 0.2) is 42.7 Å². The van der Waals surface area contributed by atoms with Crippen molar-refractivity contribution in [1.82, 2.24) is 14.8 Å². The molecule has 0 amide bonds. The summed E-state index contributed by atoms with van der Waals surface area (Å²) in [5, 5.41) is 14.0. The Balaban J connectivity index is 1.96.